The predicted molar refractivity (Wildman–Crippen MR) is 130 cm³/mol. The molecule has 0 radical (unpaired) electrons. The lowest BCUT2D eigenvalue weighted by Crippen LogP contribution is -2.45. The number of rotatable bonds is 6. The fourth-order valence-corrected chi connectivity index (χ4v) is 5.56. The SMILES string of the molecule is CC(=O)NC1(c2noc(CCC(=O)N3CCC(c4nc5ccccc5[nH]4)CC3)n2)CCCCCC1. The molecule has 2 aliphatic rings. The summed E-state index contributed by atoms with van der Waals surface area (Å²) in [5.41, 5.74) is 1.49. The highest BCUT2D eigenvalue weighted by Crippen LogP contribution is 2.35. The van der Waals surface area contributed by atoms with Crippen molar-refractivity contribution in [1.82, 2.24) is 30.3 Å². The van der Waals surface area contributed by atoms with Crippen molar-refractivity contribution in [3.05, 3.63) is 41.8 Å². The van der Waals surface area contributed by atoms with Crippen molar-refractivity contribution < 1.29 is 14.1 Å². The number of benzene rings is 1. The third-order valence-electron chi connectivity index (χ3n) is 7.46. The second-order valence-electron chi connectivity index (χ2n) is 9.98. The van der Waals surface area contributed by atoms with E-state index in [1.54, 1.807) is 0 Å². The molecule has 0 spiro atoms. The van der Waals surface area contributed by atoms with E-state index in [4.69, 9.17) is 9.51 Å². The van der Waals surface area contributed by atoms with Gasteiger partial charge in [0.1, 0.15) is 11.4 Å². The van der Waals surface area contributed by atoms with Gasteiger partial charge in [-0.1, -0.05) is 43.0 Å². The zero-order valence-electron chi connectivity index (χ0n) is 20.4. The Bertz CT molecular complexity index is 1140. The van der Waals surface area contributed by atoms with Gasteiger partial charge in [0.25, 0.3) is 0 Å². The normalized spacial score (nSPS) is 18.9. The summed E-state index contributed by atoms with van der Waals surface area (Å²) in [6, 6.07) is 8.07. The van der Waals surface area contributed by atoms with Crippen LogP contribution in [-0.2, 0) is 21.5 Å². The van der Waals surface area contributed by atoms with E-state index in [1.807, 2.05) is 29.2 Å². The maximum atomic E-state index is 12.9. The van der Waals surface area contributed by atoms with Crippen LogP contribution in [0.3, 0.4) is 0 Å². The minimum Gasteiger partial charge on any atom is -0.343 e. The predicted octanol–water partition coefficient (Wildman–Crippen LogP) is 3.97. The molecule has 9 heteroatoms. The molecule has 186 valence electrons. The van der Waals surface area contributed by atoms with E-state index < -0.39 is 5.54 Å². The molecule has 1 saturated heterocycles. The van der Waals surface area contributed by atoms with Crippen LogP contribution < -0.4 is 5.32 Å². The summed E-state index contributed by atoms with van der Waals surface area (Å²) in [6.45, 7) is 2.98. The van der Waals surface area contributed by atoms with Gasteiger partial charge < -0.3 is 19.7 Å². The molecule has 2 N–H and O–H groups in total. The third kappa shape index (κ3) is 5.23. The number of carbonyl (C=O) groups is 2. The Hall–Kier alpha value is -3.23. The molecule has 3 heterocycles. The van der Waals surface area contributed by atoms with Crippen LogP contribution in [0.1, 0.15) is 88.2 Å². The number of carbonyl (C=O) groups excluding carboxylic acids is 2. The Morgan fingerprint density at radius 1 is 1.11 bits per heavy atom. The molecule has 2 fully saturated rings. The van der Waals surface area contributed by atoms with Gasteiger partial charge in [-0.25, -0.2) is 4.98 Å². The first-order valence-corrected chi connectivity index (χ1v) is 12.9. The lowest BCUT2D eigenvalue weighted by Gasteiger charge is -2.31. The van der Waals surface area contributed by atoms with Gasteiger partial charge >= 0.3 is 0 Å². The molecule has 3 aromatic rings. The molecule has 1 saturated carbocycles. The Balaban J connectivity index is 1.15. The highest BCUT2D eigenvalue weighted by Gasteiger charge is 2.38. The number of imidazole rings is 1. The molecule has 0 unspecified atom stereocenters. The lowest BCUT2D eigenvalue weighted by molar-refractivity contribution is -0.132. The standard InChI is InChI=1S/C26H34N6O3/c1-18(33)30-26(14-6-2-3-7-15-26)25-29-22(35-31-25)10-11-23(34)32-16-12-19(13-17-32)24-27-20-8-4-5-9-21(20)28-24/h4-5,8-9,19H,2-3,6-7,10-17H2,1H3,(H,27,28)(H,30,33). The number of piperidine rings is 1. The molecular weight excluding hydrogens is 444 g/mol. The quantitative estimate of drug-likeness (QED) is 0.518. The number of nitrogens with zero attached hydrogens (tertiary/aromatic N) is 4. The summed E-state index contributed by atoms with van der Waals surface area (Å²) in [4.78, 5) is 39.5. The number of nitrogens with one attached hydrogen (secondary N) is 2. The Labute approximate surface area is 205 Å². The minimum atomic E-state index is -0.563. The van der Waals surface area contributed by atoms with E-state index in [9.17, 15) is 9.59 Å². The molecule has 2 amide bonds. The summed E-state index contributed by atoms with van der Waals surface area (Å²) in [5, 5.41) is 7.32. The van der Waals surface area contributed by atoms with Crippen LogP contribution in [0.25, 0.3) is 11.0 Å². The molecule has 9 nitrogen and oxygen atoms in total. The molecule has 35 heavy (non-hydrogen) atoms. The largest absolute Gasteiger partial charge is 0.343 e. The van der Waals surface area contributed by atoms with Gasteiger partial charge in [-0.2, -0.15) is 4.98 Å². The van der Waals surface area contributed by atoms with Crippen LogP contribution in [0.15, 0.2) is 28.8 Å². The fourth-order valence-electron chi connectivity index (χ4n) is 5.56. The summed E-state index contributed by atoms with van der Waals surface area (Å²) in [5.74, 6) is 2.39. The van der Waals surface area contributed by atoms with Crippen molar-refractivity contribution in [2.75, 3.05) is 13.1 Å². The van der Waals surface area contributed by atoms with Crippen molar-refractivity contribution in [1.29, 1.82) is 0 Å². The van der Waals surface area contributed by atoms with Crippen LogP contribution in [-0.4, -0.2) is 49.9 Å². The number of hydrogen-bond acceptors (Lipinski definition) is 6. The zero-order chi connectivity index (χ0) is 24.3. The highest BCUT2D eigenvalue weighted by atomic mass is 16.5. The average molecular weight is 479 g/mol. The average Bonchev–Trinajstić information content (AvgIpc) is 3.46. The van der Waals surface area contributed by atoms with Crippen LogP contribution in [0.2, 0.25) is 0 Å². The maximum absolute atomic E-state index is 12.9. The number of para-hydroxylation sites is 2. The molecular formula is C26H34N6O3. The number of amides is 2. The number of fused-ring (bicyclic) bond motifs is 1. The topological polar surface area (TPSA) is 117 Å². The number of H-pyrrole nitrogens is 1. The molecule has 0 bridgehead atoms. The number of aromatic nitrogens is 4. The lowest BCUT2D eigenvalue weighted by atomic mass is 9.89. The number of aromatic amines is 1. The van der Waals surface area contributed by atoms with Gasteiger partial charge in [-0.15, -0.1) is 0 Å². The second-order valence-corrected chi connectivity index (χ2v) is 9.98. The van der Waals surface area contributed by atoms with Gasteiger partial charge in [0.15, 0.2) is 5.82 Å². The van der Waals surface area contributed by atoms with E-state index in [2.05, 4.69) is 20.4 Å². The Morgan fingerprint density at radius 3 is 2.57 bits per heavy atom. The summed E-state index contributed by atoms with van der Waals surface area (Å²) in [6.07, 6.45) is 8.50. The Morgan fingerprint density at radius 2 is 1.86 bits per heavy atom. The molecule has 0 atom stereocenters. The van der Waals surface area contributed by atoms with Gasteiger partial charge in [0, 0.05) is 38.8 Å². The van der Waals surface area contributed by atoms with Gasteiger partial charge in [0.05, 0.1) is 11.0 Å². The molecule has 1 aromatic carbocycles. The van der Waals surface area contributed by atoms with Gasteiger partial charge in [-0.3, -0.25) is 9.59 Å². The minimum absolute atomic E-state index is 0.0838. The van der Waals surface area contributed by atoms with Gasteiger partial charge in [-0.05, 0) is 37.8 Å². The van der Waals surface area contributed by atoms with E-state index in [0.29, 0.717) is 30.5 Å². The van der Waals surface area contributed by atoms with Crippen molar-refractivity contribution in [3.8, 4) is 0 Å². The number of likely N-dealkylation sites (tertiary alicyclic amines) is 1. The second kappa shape index (κ2) is 10.2. The summed E-state index contributed by atoms with van der Waals surface area (Å²) in [7, 11) is 0. The van der Waals surface area contributed by atoms with E-state index in [-0.39, 0.29) is 11.8 Å². The monoisotopic (exact) mass is 478 g/mol. The highest BCUT2D eigenvalue weighted by molar-refractivity contribution is 5.77. The van der Waals surface area contributed by atoms with E-state index >= 15 is 0 Å². The smallest absolute Gasteiger partial charge is 0.227 e. The van der Waals surface area contributed by atoms with Crippen molar-refractivity contribution in [3.63, 3.8) is 0 Å². The van der Waals surface area contributed by atoms with Crippen LogP contribution in [0, 0.1) is 0 Å². The summed E-state index contributed by atoms with van der Waals surface area (Å²) >= 11 is 0. The van der Waals surface area contributed by atoms with E-state index in [1.165, 1.54) is 6.92 Å². The molecule has 5 rings (SSSR count). The zero-order valence-corrected chi connectivity index (χ0v) is 20.4. The summed E-state index contributed by atoms with van der Waals surface area (Å²) < 4.78 is 5.51. The molecule has 1 aliphatic heterocycles. The third-order valence-corrected chi connectivity index (χ3v) is 7.46. The van der Waals surface area contributed by atoms with E-state index in [0.717, 1.165) is 81.3 Å². The fraction of sp³-hybridized carbons (Fsp3) is 0.577. The molecule has 1 aliphatic carbocycles. The first kappa shape index (κ1) is 23.5. The number of aryl methyl sites for hydroxylation is 1. The van der Waals surface area contributed by atoms with Crippen molar-refractivity contribution >= 4 is 22.8 Å². The first-order valence-electron chi connectivity index (χ1n) is 12.9. The van der Waals surface area contributed by atoms with Crippen molar-refractivity contribution in [2.24, 2.45) is 0 Å². The number of hydrogen-bond donors (Lipinski definition) is 2. The van der Waals surface area contributed by atoms with Crippen LogP contribution >= 0.6 is 0 Å². The van der Waals surface area contributed by atoms with Gasteiger partial charge in [0.2, 0.25) is 17.7 Å². The molecule has 2 aromatic heterocycles. The first-order chi connectivity index (χ1) is 17.0. The maximum Gasteiger partial charge on any atom is 0.227 e. The Kier molecular flexibility index (Phi) is 6.83. The van der Waals surface area contributed by atoms with Crippen LogP contribution in [0.4, 0.5) is 0 Å². The van der Waals surface area contributed by atoms with Crippen LogP contribution in [0.5, 0.6) is 0 Å². The van der Waals surface area contributed by atoms with Crippen molar-refractivity contribution in [2.45, 2.75) is 82.6 Å².